The monoisotopic (exact) mass is 359 g/mol. The van der Waals surface area contributed by atoms with Crippen molar-refractivity contribution in [2.45, 2.75) is 20.4 Å². The third kappa shape index (κ3) is 4.67. The van der Waals surface area contributed by atoms with E-state index in [1.165, 1.54) is 16.0 Å². The third-order valence-electron chi connectivity index (χ3n) is 3.82. The third-order valence-corrected chi connectivity index (χ3v) is 4.94. The number of halogens is 2. The average molecular weight is 360 g/mol. The van der Waals surface area contributed by atoms with Crippen molar-refractivity contribution in [1.82, 2.24) is 15.2 Å². The fourth-order valence-corrected chi connectivity index (χ4v) is 3.44. The smallest absolute Gasteiger partial charge is 0.123 e. The molecule has 0 unspecified atom stereocenters. The molecule has 122 valence electrons. The zero-order chi connectivity index (χ0) is 13.9. The van der Waals surface area contributed by atoms with E-state index in [0.29, 0.717) is 0 Å². The zero-order valence-corrected chi connectivity index (χ0v) is 15.4. The van der Waals surface area contributed by atoms with Gasteiger partial charge in [-0.2, -0.15) is 0 Å². The molecule has 1 aromatic carbocycles. The van der Waals surface area contributed by atoms with Gasteiger partial charge in [-0.05, 0) is 25.5 Å². The van der Waals surface area contributed by atoms with Crippen LogP contribution in [-0.2, 0) is 6.54 Å². The number of rotatable bonds is 3. The summed E-state index contributed by atoms with van der Waals surface area (Å²) >= 11 is 1.79. The van der Waals surface area contributed by atoms with E-state index in [1.807, 2.05) is 0 Å². The molecule has 2 aromatic rings. The molecule has 1 saturated heterocycles. The summed E-state index contributed by atoms with van der Waals surface area (Å²) in [5.41, 5.74) is 3.78. The van der Waals surface area contributed by atoms with Crippen molar-refractivity contribution in [3.63, 3.8) is 0 Å². The lowest BCUT2D eigenvalue weighted by atomic mass is 10.1. The summed E-state index contributed by atoms with van der Waals surface area (Å²) < 4.78 is 0. The summed E-state index contributed by atoms with van der Waals surface area (Å²) in [7, 11) is 0. The van der Waals surface area contributed by atoms with E-state index in [0.717, 1.165) is 43.4 Å². The van der Waals surface area contributed by atoms with Gasteiger partial charge in [0.15, 0.2) is 0 Å². The maximum Gasteiger partial charge on any atom is 0.123 e. The molecule has 1 N–H and O–H groups in total. The van der Waals surface area contributed by atoms with Crippen molar-refractivity contribution in [3.8, 4) is 10.6 Å². The lowest BCUT2D eigenvalue weighted by Gasteiger charge is -2.27. The molecule has 2 heterocycles. The fourth-order valence-electron chi connectivity index (χ4n) is 2.53. The first kappa shape index (κ1) is 19.4. The van der Waals surface area contributed by atoms with Crippen molar-refractivity contribution >= 4 is 36.2 Å². The Morgan fingerprint density at radius 2 is 1.91 bits per heavy atom. The predicted molar refractivity (Wildman–Crippen MR) is 99.7 cm³/mol. The van der Waals surface area contributed by atoms with Crippen LogP contribution in [-0.4, -0.2) is 36.1 Å². The number of nitrogens with one attached hydrogen (secondary N) is 1. The molecule has 0 amide bonds. The van der Waals surface area contributed by atoms with Gasteiger partial charge < -0.3 is 5.32 Å². The maximum atomic E-state index is 4.66. The Labute approximate surface area is 149 Å². The molecule has 1 fully saturated rings. The minimum absolute atomic E-state index is 0. The van der Waals surface area contributed by atoms with E-state index in [9.17, 15) is 0 Å². The molecule has 22 heavy (non-hydrogen) atoms. The molecule has 6 heteroatoms. The van der Waals surface area contributed by atoms with Gasteiger partial charge in [-0.15, -0.1) is 36.2 Å². The number of hydrogen-bond acceptors (Lipinski definition) is 4. The van der Waals surface area contributed by atoms with Crippen LogP contribution in [0, 0.1) is 13.8 Å². The molecule has 0 spiro atoms. The molecular formula is C16H23Cl2N3S. The first-order chi connectivity index (χ1) is 9.72. The summed E-state index contributed by atoms with van der Waals surface area (Å²) in [5.74, 6) is 0. The first-order valence-electron chi connectivity index (χ1n) is 7.19. The maximum absolute atomic E-state index is 4.66. The molecule has 1 aliphatic rings. The Balaban J connectivity index is 0.00000121. The van der Waals surface area contributed by atoms with E-state index < -0.39 is 0 Å². The van der Waals surface area contributed by atoms with Gasteiger partial charge in [-0.3, -0.25) is 4.90 Å². The number of hydrogen-bond donors (Lipinski definition) is 1. The van der Waals surface area contributed by atoms with Crippen LogP contribution in [0.1, 0.15) is 16.1 Å². The van der Waals surface area contributed by atoms with Crippen molar-refractivity contribution in [2.24, 2.45) is 0 Å². The normalized spacial score (nSPS) is 15.0. The van der Waals surface area contributed by atoms with E-state index >= 15 is 0 Å². The number of thiazole rings is 1. The highest BCUT2D eigenvalue weighted by molar-refractivity contribution is 7.15. The molecular weight excluding hydrogens is 337 g/mol. The van der Waals surface area contributed by atoms with Gasteiger partial charge >= 0.3 is 0 Å². The number of aryl methyl sites for hydroxylation is 2. The molecule has 3 nitrogen and oxygen atoms in total. The van der Waals surface area contributed by atoms with Gasteiger partial charge in [0.2, 0.25) is 0 Å². The quantitative estimate of drug-likeness (QED) is 0.905. The van der Waals surface area contributed by atoms with Gasteiger partial charge in [0, 0.05) is 43.2 Å². The van der Waals surface area contributed by atoms with Crippen LogP contribution in [0.25, 0.3) is 10.6 Å². The van der Waals surface area contributed by atoms with E-state index in [-0.39, 0.29) is 24.8 Å². The van der Waals surface area contributed by atoms with Crippen molar-refractivity contribution in [2.75, 3.05) is 26.2 Å². The summed E-state index contributed by atoms with van der Waals surface area (Å²) in [6.07, 6.45) is 0. The summed E-state index contributed by atoms with van der Waals surface area (Å²) in [6, 6.07) is 8.83. The summed E-state index contributed by atoms with van der Waals surface area (Å²) in [4.78, 5) is 8.48. The summed E-state index contributed by atoms with van der Waals surface area (Å²) in [6.45, 7) is 9.74. The van der Waals surface area contributed by atoms with Gasteiger partial charge in [0.05, 0.1) is 5.69 Å². The molecule has 1 aromatic heterocycles. The van der Waals surface area contributed by atoms with Crippen LogP contribution in [0.15, 0.2) is 24.3 Å². The lowest BCUT2D eigenvalue weighted by molar-refractivity contribution is 0.233. The number of nitrogens with zero attached hydrogens (tertiary/aromatic N) is 2. The zero-order valence-electron chi connectivity index (χ0n) is 13.0. The van der Waals surface area contributed by atoms with Crippen LogP contribution in [0.5, 0.6) is 0 Å². The number of aromatic nitrogens is 1. The van der Waals surface area contributed by atoms with Crippen molar-refractivity contribution in [3.05, 3.63) is 40.4 Å². The highest BCUT2D eigenvalue weighted by Crippen LogP contribution is 2.28. The Morgan fingerprint density at radius 1 is 1.18 bits per heavy atom. The average Bonchev–Trinajstić information content (AvgIpc) is 2.80. The van der Waals surface area contributed by atoms with Gasteiger partial charge in [0.1, 0.15) is 5.01 Å². The predicted octanol–water partition coefficient (Wildman–Crippen LogP) is 3.68. The largest absolute Gasteiger partial charge is 0.314 e. The highest BCUT2D eigenvalue weighted by atomic mass is 35.5. The molecule has 0 atom stereocenters. The second kappa shape index (κ2) is 8.85. The Bertz CT molecular complexity index is 575. The van der Waals surface area contributed by atoms with E-state index in [2.05, 4.69) is 53.3 Å². The molecule has 3 rings (SSSR count). The standard InChI is InChI=1S/C16H21N3S.2ClH/c1-12-13(2)20-16(18-12)15-5-3-4-14(10-15)11-19-8-6-17-7-9-19;;/h3-5,10,17H,6-9,11H2,1-2H3;2*1H. The molecule has 0 radical (unpaired) electrons. The van der Waals surface area contributed by atoms with E-state index in [4.69, 9.17) is 0 Å². The second-order valence-corrected chi connectivity index (χ2v) is 6.59. The molecule has 0 aliphatic carbocycles. The topological polar surface area (TPSA) is 28.2 Å². The van der Waals surface area contributed by atoms with Crippen LogP contribution in [0.4, 0.5) is 0 Å². The summed E-state index contributed by atoms with van der Waals surface area (Å²) in [5, 5.41) is 4.54. The first-order valence-corrected chi connectivity index (χ1v) is 8.00. The molecule has 0 bridgehead atoms. The van der Waals surface area contributed by atoms with Crippen molar-refractivity contribution in [1.29, 1.82) is 0 Å². The van der Waals surface area contributed by atoms with Crippen molar-refractivity contribution < 1.29 is 0 Å². The minimum atomic E-state index is 0. The van der Waals surface area contributed by atoms with Gasteiger partial charge in [-0.1, -0.05) is 18.2 Å². The van der Waals surface area contributed by atoms with Crippen LogP contribution in [0.2, 0.25) is 0 Å². The van der Waals surface area contributed by atoms with Gasteiger partial charge in [0.25, 0.3) is 0 Å². The number of benzene rings is 1. The Kier molecular flexibility index (Phi) is 7.80. The lowest BCUT2D eigenvalue weighted by Crippen LogP contribution is -2.42. The van der Waals surface area contributed by atoms with E-state index in [1.54, 1.807) is 11.3 Å². The Morgan fingerprint density at radius 3 is 2.55 bits per heavy atom. The number of piperazine rings is 1. The van der Waals surface area contributed by atoms with Crippen LogP contribution < -0.4 is 5.32 Å². The van der Waals surface area contributed by atoms with Crippen LogP contribution in [0.3, 0.4) is 0 Å². The fraction of sp³-hybridized carbons (Fsp3) is 0.438. The highest BCUT2D eigenvalue weighted by Gasteiger charge is 2.11. The molecule has 0 saturated carbocycles. The SMILES string of the molecule is Cc1nc(-c2cccc(CN3CCNCC3)c2)sc1C.Cl.Cl. The van der Waals surface area contributed by atoms with Gasteiger partial charge in [-0.25, -0.2) is 4.98 Å². The Hall–Kier alpha value is -0.650. The minimum Gasteiger partial charge on any atom is -0.314 e. The second-order valence-electron chi connectivity index (χ2n) is 5.39. The molecule has 1 aliphatic heterocycles. The van der Waals surface area contributed by atoms with Crippen LogP contribution >= 0.6 is 36.2 Å².